The van der Waals surface area contributed by atoms with Crippen LogP contribution in [0.2, 0.25) is 0 Å². The zero-order valence-electron chi connectivity index (χ0n) is 13.7. The number of rotatable bonds is 5. The second kappa shape index (κ2) is 6.93. The highest BCUT2D eigenvalue weighted by atomic mass is 32.2. The lowest BCUT2D eigenvalue weighted by atomic mass is 9.79. The van der Waals surface area contributed by atoms with Crippen LogP contribution >= 0.6 is 11.8 Å². The lowest BCUT2D eigenvalue weighted by Gasteiger charge is -2.27. The summed E-state index contributed by atoms with van der Waals surface area (Å²) in [7, 11) is 3.39. The summed E-state index contributed by atoms with van der Waals surface area (Å²) in [5, 5.41) is 0.363. The smallest absolute Gasteiger partial charge is 0.161 e. The van der Waals surface area contributed by atoms with Gasteiger partial charge in [0.25, 0.3) is 0 Å². The molecule has 2 rings (SSSR count). The normalized spacial score (nSPS) is 20.5. The van der Waals surface area contributed by atoms with E-state index in [0.717, 1.165) is 36.9 Å². The Morgan fingerprint density at radius 2 is 1.86 bits per heavy atom. The molecule has 0 radical (unpaired) electrons. The van der Waals surface area contributed by atoms with Crippen molar-refractivity contribution in [2.45, 2.75) is 37.9 Å². The molecule has 0 aliphatic carbocycles. The van der Waals surface area contributed by atoms with Crippen molar-refractivity contribution in [1.29, 1.82) is 0 Å². The Kier molecular flexibility index (Phi) is 5.44. The molecular weight excluding hydrogens is 284 g/mol. The average Bonchev–Trinajstić information content (AvgIpc) is 2.60. The second-order valence-electron chi connectivity index (χ2n) is 5.95. The average molecular weight is 310 g/mol. The van der Waals surface area contributed by atoms with E-state index >= 15 is 0 Å². The number of thioether (sulfide) groups is 1. The molecule has 118 valence electrons. The first-order valence-corrected chi connectivity index (χ1v) is 8.54. The van der Waals surface area contributed by atoms with Gasteiger partial charge in [-0.05, 0) is 47.8 Å². The van der Waals surface area contributed by atoms with Crippen LogP contribution in [-0.4, -0.2) is 33.2 Å². The number of ether oxygens (including phenoxy) is 3. The number of hydrogen-bond donors (Lipinski definition) is 0. The van der Waals surface area contributed by atoms with Gasteiger partial charge < -0.3 is 14.2 Å². The van der Waals surface area contributed by atoms with Gasteiger partial charge in [0.2, 0.25) is 0 Å². The molecule has 0 bridgehead atoms. The molecule has 1 atom stereocenters. The van der Waals surface area contributed by atoms with E-state index in [0.29, 0.717) is 5.25 Å². The highest BCUT2D eigenvalue weighted by Crippen LogP contribution is 2.47. The lowest BCUT2D eigenvalue weighted by molar-refractivity contribution is 0.149. The van der Waals surface area contributed by atoms with Gasteiger partial charge in [-0.15, -0.1) is 0 Å². The van der Waals surface area contributed by atoms with Crippen molar-refractivity contribution in [1.82, 2.24) is 0 Å². The van der Waals surface area contributed by atoms with Crippen molar-refractivity contribution < 1.29 is 14.2 Å². The van der Waals surface area contributed by atoms with E-state index in [-0.39, 0.29) is 5.41 Å². The SMILES string of the molecule is CCOCC1SCCC(C)(C)c2cc(OC)c(OC)cc21. The Bertz CT molecular complexity index is 485. The number of benzene rings is 1. The van der Waals surface area contributed by atoms with Gasteiger partial charge in [0.05, 0.1) is 26.1 Å². The molecule has 1 heterocycles. The fourth-order valence-electron chi connectivity index (χ4n) is 2.79. The summed E-state index contributed by atoms with van der Waals surface area (Å²) in [6.07, 6.45) is 1.16. The van der Waals surface area contributed by atoms with Crippen LogP contribution in [0, 0.1) is 0 Å². The Balaban J connectivity index is 2.51. The largest absolute Gasteiger partial charge is 0.493 e. The van der Waals surface area contributed by atoms with Crippen molar-refractivity contribution in [2.75, 3.05) is 33.2 Å². The van der Waals surface area contributed by atoms with Crippen LogP contribution in [0.1, 0.15) is 43.6 Å². The van der Waals surface area contributed by atoms with Crippen molar-refractivity contribution >= 4 is 11.8 Å². The van der Waals surface area contributed by atoms with E-state index < -0.39 is 0 Å². The molecule has 3 nitrogen and oxygen atoms in total. The van der Waals surface area contributed by atoms with Gasteiger partial charge in [0.15, 0.2) is 11.5 Å². The van der Waals surface area contributed by atoms with E-state index in [1.165, 1.54) is 11.1 Å². The quantitative estimate of drug-likeness (QED) is 0.815. The predicted octanol–water partition coefficient (Wildman–Crippen LogP) is 4.20. The summed E-state index contributed by atoms with van der Waals surface area (Å²) in [5.41, 5.74) is 2.83. The van der Waals surface area contributed by atoms with Crippen LogP contribution in [-0.2, 0) is 10.2 Å². The van der Waals surface area contributed by atoms with Gasteiger partial charge in [0, 0.05) is 6.61 Å². The van der Waals surface area contributed by atoms with Crippen molar-refractivity contribution in [3.8, 4) is 11.5 Å². The minimum absolute atomic E-state index is 0.142. The second-order valence-corrected chi connectivity index (χ2v) is 7.26. The summed E-state index contributed by atoms with van der Waals surface area (Å²) >= 11 is 1.98. The molecule has 0 N–H and O–H groups in total. The van der Waals surface area contributed by atoms with E-state index in [9.17, 15) is 0 Å². The van der Waals surface area contributed by atoms with E-state index in [1.54, 1.807) is 14.2 Å². The maximum absolute atomic E-state index is 5.69. The molecule has 1 aliphatic rings. The van der Waals surface area contributed by atoms with Crippen LogP contribution in [0.3, 0.4) is 0 Å². The molecular formula is C17H26O3S. The molecule has 0 aromatic heterocycles. The van der Waals surface area contributed by atoms with E-state index in [2.05, 4.69) is 26.0 Å². The highest BCUT2D eigenvalue weighted by Gasteiger charge is 2.32. The number of fused-ring (bicyclic) bond motifs is 1. The van der Waals surface area contributed by atoms with Crippen molar-refractivity contribution in [2.24, 2.45) is 0 Å². The van der Waals surface area contributed by atoms with Crippen LogP contribution < -0.4 is 9.47 Å². The maximum atomic E-state index is 5.69. The van der Waals surface area contributed by atoms with Gasteiger partial charge in [-0.1, -0.05) is 13.8 Å². The predicted molar refractivity (Wildman–Crippen MR) is 88.9 cm³/mol. The third kappa shape index (κ3) is 3.49. The fourth-order valence-corrected chi connectivity index (χ4v) is 4.27. The van der Waals surface area contributed by atoms with Gasteiger partial charge in [-0.25, -0.2) is 0 Å². The van der Waals surface area contributed by atoms with Crippen molar-refractivity contribution in [3.63, 3.8) is 0 Å². The molecule has 1 aromatic carbocycles. The van der Waals surface area contributed by atoms with Gasteiger partial charge in [-0.2, -0.15) is 11.8 Å². The molecule has 0 spiro atoms. The first-order valence-electron chi connectivity index (χ1n) is 7.49. The summed E-state index contributed by atoms with van der Waals surface area (Å²) in [6.45, 7) is 8.16. The molecule has 21 heavy (non-hydrogen) atoms. The zero-order valence-corrected chi connectivity index (χ0v) is 14.5. The van der Waals surface area contributed by atoms with Crippen molar-refractivity contribution in [3.05, 3.63) is 23.3 Å². The Hall–Kier alpha value is -0.870. The minimum atomic E-state index is 0.142. The van der Waals surface area contributed by atoms with Crippen LogP contribution in [0.5, 0.6) is 11.5 Å². The first-order chi connectivity index (χ1) is 10.0. The van der Waals surface area contributed by atoms with Gasteiger partial charge in [-0.3, -0.25) is 0 Å². The van der Waals surface area contributed by atoms with Crippen LogP contribution in [0.25, 0.3) is 0 Å². The fraction of sp³-hybridized carbons (Fsp3) is 0.647. The molecule has 4 heteroatoms. The van der Waals surface area contributed by atoms with Crippen LogP contribution in [0.4, 0.5) is 0 Å². The third-order valence-electron chi connectivity index (χ3n) is 4.15. The zero-order chi connectivity index (χ0) is 15.5. The standard InChI is InChI=1S/C17H26O3S/c1-6-20-11-16-12-9-14(18-4)15(19-5)10-13(12)17(2,3)7-8-21-16/h9-10,16H,6-8,11H2,1-5H3. The van der Waals surface area contributed by atoms with Crippen LogP contribution in [0.15, 0.2) is 12.1 Å². The molecule has 1 aromatic rings. The third-order valence-corrected chi connectivity index (χ3v) is 5.38. The topological polar surface area (TPSA) is 27.7 Å². The van der Waals surface area contributed by atoms with Gasteiger partial charge in [0.1, 0.15) is 0 Å². The molecule has 0 saturated carbocycles. The van der Waals surface area contributed by atoms with Gasteiger partial charge >= 0.3 is 0 Å². The molecule has 0 saturated heterocycles. The van der Waals surface area contributed by atoms with E-state index in [4.69, 9.17) is 14.2 Å². The first kappa shape index (κ1) is 16.5. The molecule has 0 fully saturated rings. The monoisotopic (exact) mass is 310 g/mol. The Morgan fingerprint density at radius 1 is 1.19 bits per heavy atom. The highest BCUT2D eigenvalue weighted by molar-refractivity contribution is 7.99. The molecule has 1 unspecified atom stereocenters. The Labute approximate surface area is 132 Å². The summed E-state index contributed by atoms with van der Waals surface area (Å²) in [5.74, 6) is 2.76. The molecule has 1 aliphatic heterocycles. The summed E-state index contributed by atoms with van der Waals surface area (Å²) in [4.78, 5) is 0. The minimum Gasteiger partial charge on any atom is -0.493 e. The summed E-state index contributed by atoms with van der Waals surface area (Å²) in [6, 6.07) is 4.29. The summed E-state index contributed by atoms with van der Waals surface area (Å²) < 4.78 is 16.7. The van der Waals surface area contributed by atoms with E-state index in [1.807, 2.05) is 18.7 Å². The lowest BCUT2D eigenvalue weighted by Crippen LogP contribution is -2.19. The number of methoxy groups -OCH3 is 2. The Morgan fingerprint density at radius 3 is 2.48 bits per heavy atom. The number of hydrogen-bond acceptors (Lipinski definition) is 4. The maximum Gasteiger partial charge on any atom is 0.161 e. The molecule has 0 amide bonds.